The van der Waals surface area contributed by atoms with E-state index in [1.54, 1.807) is 18.2 Å². The molecule has 9 heteroatoms. The van der Waals surface area contributed by atoms with Crippen LogP contribution in [0.4, 0.5) is 0 Å². The maximum atomic E-state index is 12.4. The summed E-state index contributed by atoms with van der Waals surface area (Å²) in [4.78, 5) is 12.4. The summed E-state index contributed by atoms with van der Waals surface area (Å²) in [6, 6.07) is 4.94. The summed E-state index contributed by atoms with van der Waals surface area (Å²) >= 11 is 0. The first-order valence-electron chi connectivity index (χ1n) is 7.78. The zero-order chi connectivity index (χ0) is 19.5. The molecule has 0 aromatic heterocycles. The predicted octanol–water partition coefficient (Wildman–Crippen LogP) is -1.55. The summed E-state index contributed by atoms with van der Waals surface area (Å²) in [5.41, 5.74) is 0.452. The van der Waals surface area contributed by atoms with Crippen LogP contribution in [0.5, 0.6) is 11.5 Å². The van der Waals surface area contributed by atoms with Gasteiger partial charge in [-0.1, -0.05) is 12.1 Å². The van der Waals surface area contributed by atoms with E-state index >= 15 is 0 Å². The number of hydrogen-bond donors (Lipinski definition) is 5. The number of aliphatic hydroxyl groups is 5. The van der Waals surface area contributed by atoms with Crippen LogP contribution in [0.3, 0.4) is 0 Å². The number of carbonyl (C=O) groups is 1. The van der Waals surface area contributed by atoms with Crippen LogP contribution < -0.4 is 9.47 Å². The van der Waals surface area contributed by atoms with Crippen LogP contribution in [0.1, 0.15) is 5.56 Å². The first kappa shape index (κ1) is 20.3. The fraction of sp³-hybridized carbons (Fsp3) is 0.471. The van der Waals surface area contributed by atoms with E-state index in [1.807, 2.05) is 0 Å². The van der Waals surface area contributed by atoms with Crippen LogP contribution in [-0.2, 0) is 9.53 Å². The van der Waals surface area contributed by atoms with E-state index in [4.69, 9.17) is 19.3 Å². The minimum absolute atomic E-state index is 0.347. The molecule has 0 spiro atoms. The van der Waals surface area contributed by atoms with Gasteiger partial charge in [-0.15, -0.1) is 0 Å². The van der Waals surface area contributed by atoms with Crippen molar-refractivity contribution in [1.29, 1.82) is 0 Å². The van der Waals surface area contributed by atoms with Gasteiger partial charge in [-0.3, -0.25) is 4.79 Å². The number of carbonyl (C=O) groups excluding carboxylic acids is 1. The first-order valence-corrected chi connectivity index (χ1v) is 7.78. The highest BCUT2D eigenvalue weighted by molar-refractivity contribution is 5.99. The number of ether oxygens (including phenoxy) is 3. The number of ketones is 1. The smallest absolute Gasteiger partial charge is 0.260 e. The molecule has 2 rings (SSSR count). The summed E-state index contributed by atoms with van der Waals surface area (Å²) < 4.78 is 15.3. The predicted molar refractivity (Wildman–Crippen MR) is 88.5 cm³/mol. The van der Waals surface area contributed by atoms with E-state index in [-0.39, 0.29) is 0 Å². The fourth-order valence-corrected chi connectivity index (χ4v) is 2.69. The lowest BCUT2D eigenvalue weighted by Crippen LogP contribution is -2.67. The van der Waals surface area contributed by atoms with Gasteiger partial charge in [0.1, 0.15) is 24.4 Å². The van der Waals surface area contributed by atoms with Gasteiger partial charge in [0.05, 0.1) is 20.8 Å². The third-order valence-corrected chi connectivity index (χ3v) is 4.17. The number of benzene rings is 1. The quantitative estimate of drug-likeness (QED) is 0.376. The van der Waals surface area contributed by atoms with Gasteiger partial charge in [0.15, 0.2) is 11.5 Å². The standard InChI is InChI=1S/C17H22O9/c1-24-10-5-3-4-9(15(10)25-2)6-7-12(19)17(23)16(22)14(21)13(20)11(8-18)26-17/h3-7,11,13-14,16,18,20-23H,8H2,1-2H3/b7-6+. The Kier molecular flexibility index (Phi) is 6.34. The Morgan fingerprint density at radius 3 is 2.50 bits per heavy atom. The van der Waals surface area contributed by atoms with Crippen LogP contribution in [0, 0.1) is 0 Å². The molecular formula is C17H22O9. The Morgan fingerprint density at radius 1 is 1.23 bits per heavy atom. The lowest BCUT2D eigenvalue weighted by Gasteiger charge is -2.43. The lowest BCUT2D eigenvalue weighted by molar-refractivity contribution is -0.329. The summed E-state index contributed by atoms with van der Waals surface area (Å²) in [5, 5.41) is 49.0. The highest BCUT2D eigenvalue weighted by Crippen LogP contribution is 2.33. The minimum Gasteiger partial charge on any atom is -0.493 e. The van der Waals surface area contributed by atoms with Crippen molar-refractivity contribution < 1.29 is 44.5 Å². The highest BCUT2D eigenvalue weighted by atomic mass is 16.7. The molecule has 0 radical (unpaired) electrons. The van der Waals surface area contributed by atoms with Gasteiger partial charge in [-0.25, -0.2) is 0 Å². The Morgan fingerprint density at radius 2 is 1.92 bits per heavy atom. The van der Waals surface area contributed by atoms with Gasteiger partial charge < -0.3 is 39.7 Å². The highest BCUT2D eigenvalue weighted by Gasteiger charge is 2.56. The lowest BCUT2D eigenvalue weighted by atomic mass is 9.90. The second kappa shape index (κ2) is 8.12. The van der Waals surface area contributed by atoms with Crippen molar-refractivity contribution in [2.45, 2.75) is 30.2 Å². The van der Waals surface area contributed by atoms with E-state index in [0.717, 1.165) is 6.08 Å². The van der Waals surface area contributed by atoms with Gasteiger partial charge in [-0.2, -0.15) is 0 Å². The zero-order valence-electron chi connectivity index (χ0n) is 14.3. The monoisotopic (exact) mass is 370 g/mol. The molecule has 144 valence electrons. The van der Waals surface area contributed by atoms with Gasteiger partial charge >= 0.3 is 0 Å². The third kappa shape index (κ3) is 3.58. The van der Waals surface area contributed by atoms with E-state index < -0.39 is 42.6 Å². The molecule has 5 N–H and O–H groups in total. The largest absolute Gasteiger partial charge is 0.493 e. The molecule has 9 nitrogen and oxygen atoms in total. The molecule has 1 saturated heterocycles. The molecule has 1 aliphatic rings. The van der Waals surface area contributed by atoms with E-state index in [2.05, 4.69) is 0 Å². The van der Waals surface area contributed by atoms with E-state index in [9.17, 15) is 25.2 Å². The molecule has 0 amide bonds. The van der Waals surface area contributed by atoms with Gasteiger partial charge in [0.2, 0.25) is 5.78 Å². The van der Waals surface area contributed by atoms with Crippen LogP contribution in [0.15, 0.2) is 24.3 Å². The summed E-state index contributed by atoms with van der Waals surface area (Å²) in [6.45, 7) is -0.770. The van der Waals surface area contributed by atoms with E-state index in [0.29, 0.717) is 17.1 Å². The molecule has 1 aromatic rings. The Balaban J connectivity index is 2.30. The number of para-hydroxylation sites is 1. The van der Waals surface area contributed by atoms with Crippen molar-refractivity contribution in [1.82, 2.24) is 0 Å². The molecule has 26 heavy (non-hydrogen) atoms. The molecule has 1 heterocycles. The number of rotatable bonds is 6. The zero-order valence-corrected chi connectivity index (χ0v) is 14.3. The average molecular weight is 370 g/mol. The second-order valence-corrected chi connectivity index (χ2v) is 5.74. The topological polar surface area (TPSA) is 146 Å². The average Bonchev–Trinajstić information content (AvgIpc) is 2.66. The molecule has 0 bridgehead atoms. The van der Waals surface area contributed by atoms with Gasteiger partial charge in [-0.05, 0) is 18.2 Å². The van der Waals surface area contributed by atoms with Crippen molar-refractivity contribution in [3.63, 3.8) is 0 Å². The summed E-state index contributed by atoms with van der Waals surface area (Å²) in [5.74, 6) is -3.14. The molecule has 0 aliphatic carbocycles. The van der Waals surface area contributed by atoms with Crippen LogP contribution in [0.2, 0.25) is 0 Å². The molecular weight excluding hydrogens is 348 g/mol. The third-order valence-electron chi connectivity index (χ3n) is 4.17. The maximum Gasteiger partial charge on any atom is 0.260 e. The number of hydrogen-bond acceptors (Lipinski definition) is 9. The van der Waals surface area contributed by atoms with Crippen LogP contribution in [0.25, 0.3) is 6.08 Å². The molecule has 5 unspecified atom stereocenters. The maximum absolute atomic E-state index is 12.4. The molecule has 0 saturated carbocycles. The van der Waals surface area contributed by atoms with Crippen molar-refractivity contribution in [3.05, 3.63) is 29.8 Å². The van der Waals surface area contributed by atoms with Crippen molar-refractivity contribution in [2.75, 3.05) is 20.8 Å². The van der Waals surface area contributed by atoms with Crippen LogP contribution >= 0.6 is 0 Å². The summed E-state index contributed by atoms with van der Waals surface area (Å²) in [7, 11) is 2.87. The minimum atomic E-state index is -2.82. The van der Waals surface area contributed by atoms with Gasteiger partial charge in [0.25, 0.3) is 5.79 Å². The van der Waals surface area contributed by atoms with Crippen molar-refractivity contribution in [2.24, 2.45) is 0 Å². The second-order valence-electron chi connectivity index (χ2n) is 5.74. The normalized spacial score (nSPS) is 31.8. The molecule has 1 aliphatic heterocycles. The van der Waals surface area contributed by atoms with E-state index in [1.165, 1.54) is 20.3 Å². The Hall–Kier alpha value is -2.01. The molecule has 5 atom stereocenters. The van der Waals surface area contributed by atoms with Crippen molar-refractivity contribution >= 4 is 11.9 Å². The Labute approximate surface area is 149 Å². The van der Waals surface area contributed by atoms with Crippen LogP contribution in [-0.4, -0.2) is 82.3 Å². The van der Waals surface area contributed by atoms with Gasteiger partial charge in [0, 0.05) is 5.56 Å². The number of methoxy groups -OCH3 is 2. The van der Waals surface area contributed by atoms with Crippen molar-refractivity contribution in [3.8, 4) is 11.5 Å². The first-order chi connectivity index (χ1) is 12.3. The summed E-state index contributed by atoms with van der Waals surface area (Å²) in [6.07, 6.45) is -4.85. The molecule has 1 fully saturated rings. The molecule has 1 aromatic carbocycles. The number of aliphatic hydroxyl groups excluding tert-OH is 4. The Bertz CT molecular complexity index is 672. The SMILES string of the molecule is COc1cccc(/C=C/C(=O)C2(O)OC(CO)C(O)C(O)C2O)c1OC. The fourth-order valence-electron chi connectivity index (χ4n) is 2.69.